The lowest BCUT2D eigenvalue weighted by Crippen LogP contribution is -2.59. The number of aliphatic carboxylic acids is 1. The van der Waals surface area contributed by atoms with Gasteiger partial charge in [-0.25, -0.2) is 0 Å². The normalized spacial score (nSPS) is 44.2. The number of fused-ring (bicyclic) bond motifs is 5. The Kier molecular flexibility index (Phi) is 7.10. The molecule has 4 aliphatic rings. The summed E-state index contributed by atoms with van der Waals surface area (Å²) in [6.45, 7) is 10.1. The summed E-state index contributed by atoms with van der Waals surface area (Å²) in [7, 11) is 0. The molecule has 4 aliphatic carbocycles. The highest BCUT2D eigenvalue weighted by molar-refractivity contribution is 5.67. The average Bonchev–Trinajstić information content (AvgIpc) is 3.09. The van der Waals surface area contributed by atoms with Crippen LogP contribution >= 0.6 is 0 Å². The Hall–Kier alpha value is -1.59. The predicted molar refractivity (Wildman–Crippen MR) is 128 cm³/mol. The molecule has 0 aromatic rings. The molecule has 0 radical (unpaired) electrons. The van der Waals surface area contributed by atoms with Gasteiger partial charge < -0.3 is 14.6 Å². The molecule has 34 heavy (non-hydrogen) atoms. The van der Waals surface area contributed by atoms with E-state index in [1.54, 1.807) is 0 Å². The van der Waals surface area contributed by atoms with Crippen molar-refractivity contribution < 1.29 is 29.0 Å². The molecule has 0 heterocycles. The van der Waals surface area contributed by atoms with Crippen molar-refractivity contribution >= 4 is 17.9 Å². The molecule has 0 aliphatic heterocycles. The molecule has 0 aromatic heterocycles. The average molecular weight is 477 g/mol. The maximum Gasteiger partial charge on any atom is 0.303 e. The van der Waals surface area contributed by atoms with Crippen LogP contribution in [0.25, 0.3) is 0 Å². The van der Waals surface area contributed by atoms with Gasteiger partial charge in [0.05, 0.1) is 0 Å². The van der Waals surface area contributed by atoms with Gasteiger partial charge in [-0.15, -0.1) is 0 Å². The number of carbonyl (C=O) groups excluding carboxylic acids is 2. The fraction of sp³-hybridized carbons (Fsp3) is 0.893. The molecule has 0 amide bonds. The van der Waals surface area contributed by atoms with Crippen LogP contribution in [-0.4, -0.2) is 35.2 Å². The summed E-state index contributed by atoms with van der Waals surface area (Å²) >= 11 is 0. The molecule has 4 rings (SSSR count). The fourth-order valence-electron chi connectivity index (χ4n) is 9.44. The number of rotatable bonds is 6. The van der Waals surface area contributed by atoms with Crippen LogP contribution in [0.1, 0.15) is 98.8 Å². The molecule has 0 saturated heterocycles. The lowest BCUT2D eigenvalue weighted by molar-refractivity contribution is -0.197. The first-order valence-electron chi connectivity index (χ1n) is 13.5. The molecule has 6 heteroatoms. The zero-order valence-electron chi connectivity index (χ0n) is 21.7. The molecule has 10 atom stereocenters. The molecule has 192 valence electrons. The molecule has 4 fully saturated rings. The third-order valence-corrected chi connectivity index (χ3v) is 10.8. The zero-order chi connectivity index (χ0) is 24.8. The standard InChI is InChI=1S/C28H44O6/c1-16(6-9-26(31)32)21-7-8-22-20-15-25(34-18(3)30)24-14-19(33-17(2)29)10-12-28(24,5)23(20)11-13-27(21,22)4/h16,19-25H,6-15H2,1-5H3,(H,31,32)/t16-,19-,20?,21-,22?,23?,24+,25+,27-,28-/m1/s1. The molecule has 0 spiro atoms. The van der Waals surface area contributed by atoms with Crippen LogP contribution in [0.2, 0.25) is 0 Å². The lowest BCUT2D eigenvalue weighted by Gasteiger charge is -2.62. The van der Waals surface area contributed by atoms with Crippen molar-refractivity contribution in [1.82, 2.24) is 0 Å². The number of carboxylic acid groups (broad SMARTS) is 1. The Morgan fingerprint density at radius 1 is 0.882 bits per heavy atom. The Bertz CT molecular complexity index is 809. The van der Waals surface area contributed by atoms with Gasteiger partial charge in [-0.2, -0.15) is 0 Å². The third-order valence-electron chi connectivity index (χ3n) is 10.8. The highest BCUT2D eigenvalue weighted by atomic mass is 16.5. The number of hydrogen-bond acceptors (Lipinski definition) is 5. The van der Waals surface area contributed by atoms with Gasteiger partial charge in [0.25, 0.3) is 0 Å². The summed E-state index contributed by atoms with van der Waals surface area (Å²) in [4.78, 5) is 34.9. The van der Waals surface area contributed by atoms with E-state index < -0.39 is 5.97 Å². The van der Waals surface area contributed by atoms with E-state index in [2.05, 4.69) is 20.8 Å². The van der Waals surface area contributed by atoms with Gasteiger partial charge in [-0.05, 0) is 98.2 Å². The predicted octanol–water partition coefficient (Wildman–Crippen LogP) is 5.62. The third kappa shape index (κ3) is 4.51. The Balaban J connectivity index is 1.58. The van der Waals surface area contributed by atoms with Crippen LogP contribution in [0.4, 0.5) is 0 Å². The van der Waals surface area contributed by atoms with Crippen LogP contribution in [0, 0.1) is 46.3 Å². The van der Waals surface area contributed by atoms with Gasteiger partial charge in [0, 0.05) is 26.2 Å². The number of esters is 2. The highest BCUT2D eigenvalue weighted by Gasteiger charge is 2.63. The van der Waals surface area contributed by atoms with E-state index in [1.165, 1.54) is 39.5 Å². The minimum Gasteiger partial charge on any atom is -0.481 e. The molecule has 1 N–H and O–H groups in total. The van der Waals surface area contributed by atoms with Crippen molar-refractivity contribution in [3.05, 3.63) is 0 Å². The summed E-state index contributed by atoms with van der Waals surface area (Å²) in [6, 6.07) is 0. The largest absolute Gasteiger partial charge is 0.481 e. The van der Waals surface area contributed by atoms with Gasteiger partial charge in [-0.3, -0.25) is 14.4 Å². The van der Waals surface area contributed by atoms with Crippen LogP contribution in [0.3, 0.4) is 0 Å². The summed E-state index contributed by atoms with van der Waals surface area (Å²) in [5.74, 6) is 1.81. The molecule has 0 bridgehead atoms. The highest BCUT2D eigenvalue weighted by Crippen LogP contribution is 2.68. The van der Waals surface area contributed by atoms with Crippen molar-refractivity contribution in [3.63, 3.8) is 0 Å². The second kappa shape index (κ2) is 9.46. The summed E-state index contributed by atoms with van der Waals surface area (Å²) in [5, 5.41) is 9.19. The van der Waals surface area contributed by atoms with Crippen LogP contribution in [-0.2, 0) is 23.9 Å². The molecular weight excluding hydrogens is 432 g/mol. The maximum absolute atomic E-state index is 12.1. The van der Waals surface area contributed by atoms with Crippen LogP contribution < -0.4 is 0 Å². The minimum absolute atomic E-state index is 0.0787. The van der Waals surface area contributed by atoms with E-state index in [1.807, 2.05) is 0 Å². The quantitative estimate of drug-likeness (QED) is 0.501. The SMILES string of the molecule is CC(=O)O[C@@H]1CC[C@]2(C)C3CC[C@@]4(C)C(CC[C@@H]4[C@H](C)CCC(=O)O)C3C[C@H](OC(C)=O)[C@@H]2C1. The summed E-state index contributed by atoms with van der Waals surface area (Å²) in [5.41, 5.74) is 0.325. The van der Waals surface area contributed by atoms with E-state index in [9.17, 15) is 19.5 Å². The van der Waals surface area contributed by atoms with Gasteiger partial charge >= 0.3 is 17.9 Å². The molecule has 6 nitrogen and oxygen atoms in total. The second-order valence-electron chi connectivity index (χ2n) is 12.5. The lowest BCUT2D eigenvalue weighted by atomic mass is 9.43. The first-order valence-corrected chi connectivity index (χ1v) is 13.5. The van der Waals surface area contributed by atoms with Crippen LogP contribution in [0.5, 0.6) is 0 Å². The van der Waals surface area contributed by atoms with Crippen molar-refractivity contribution in [3.8, 4) is 0 Å². The summed E-state index contributed by atoms with van der Waals surface area (Å²) in [6.07, 6.45) is 9.18. The van der Waals surface area contributed by atoms with Gasteiger partial charge in [0.15, 0.2) is 0 Å². The minimum atomic E-state index is -0.699. The molecule has 0 aromatic carbocycles. The molecule has 3 unspecified atom stereocenters. The van der Waals surface area contributed by atoms with E-state index in [0.717, 1.165) is 32.1 Å². The Labute approximate surface area is 204 Å². The van der Waals surface area contributed by atoms with E-state index in [0.29, 0.717) is 29.6 Å². The van der Waals surface area contributed by atoms with Crippen molar-refractivity contribution in [2.24, 2.45) is 46.3 Å². The van der Waals surface area contributed by atoms with Gasteiger partial charge in [0.2, 0.25) is 0 Å². The van der Waals surface area contributed by atoms with Crippen LogP contribution in [0.15, 0.2) is 0 Å². The summed E-state index contributed by atoms with van der Waals surface area (Å²) < 4.78 is 11.6. The second-order valence-corrected chi connectivity index (χ2v) is 12.5. The van der Waals surface area contributed by atoms with E-state index in [-0.39, 0.29) is 47.3 Å². The fourth-order valence-corrected chi connectivity index (χ4v) is 9.44. The van der Waals surface area contributed by atoms with Crippen molar-refractivity contribution in [2.45, 2.75) is 111 Å². The number of hydrogen-bond donors (Lipinski definition) is 1. The van der Waals surface area contributed by atoms with Crippen molar-refractivity contribution in [1.29, 1.82) is 0 Å². The van der Waals surface area contributed by atoms with Gasteiger partial charge in [-0.1, -0.05) is 20.8 Å². The van der Waals surface area contributed by atoms with Crippen molar-refractivity contribution in [2.75, 3.05) is 0 Å². The van der Waals surface area contributed by atoms with E-state index >= 15 is 0 Å². The first-order chi connectivity index (χ1) is 16.0. The monoisotopic (exact) mass is 476 g/mol. The number of carbonyl (C=O) groups is 3. The number of ether oxygens (including phenoxy) is 2. The molecular formula is C28H44O6. The Morgan fingerprint density at radius 3 is 2.18 bits per heavy atom. The van der Waals surface area contributed by atoms with E-state index in [4.69, 9.17) is 9.47 Å². The smallest absolute Gasteiger partial charge is 0.303 e. The zero-order valence-corrected chi connectivity index (χ0v) is 21.7. The topological polar surface area (TPSA) is 89.9 Å². The van der Waals surface area contributed by atoms with Gasteiger partial charge in [0.1, 0.15) is 12.2 Å². The molecule has 4 saturated carbocycles. The first kappa shape index (κ1) is 25.5. The Morgan fingerprint density at radius 2 is 1.53 bits per heavy atom. The maximum atomic E-state index is 12.1. The number of carboxylic acids is 1.